The van der Waals surface area contributed by atoms with Gasteiger partial charge in [0, 0.05) is 17.9 Å². The van der Waals surface area contributed by atoms with Crippen molar-refractivity contribution in [2.45, 2.75) is 90.6 Å². The smallest absolute Gasteiger partial charge is 0.147 e. The molecule has 0 heterocycles. The molecule has 1 fully saturated rings. The maximum absolute atomic E-state index is 6.83. The quantitative estimate of drug-likeness (QED) is 0.229. The van der Waals surface area contributed by atoms with Crippen molar-refractivity contribution in [3.63, 3.8) is 0 Å². The monoisotopic (exact) mass is 530 g/mol. The van der Waals surface area contributed by atoms with E-state index in [9.17, 15) is 0 Å². The van der Waals surface area contributed by atoms with Gasteiger partial charge in [-0.15, -0.1) is 0 Å². The summed E-state index contributed by atoms with van der Waals surface area (Å²) in [5.74, 6) is 0. The number of hydrogen-bond acceptors (Lipinski definition) is 4. The van der Waals surface area contributed by atoms with Gasteiger partial charge < -0.3 is 18.9 Å². The Kier molecular flexibility index (Phi) is 8.78. The van der Waals surface area contributed by atoms with E-state index in [1.807, 2.05) is 0 Å². The average molecular weight is 531 g/mol. The fourth-order valence-electron chi connectivity index (χ4n) is 7.45. The minimum absolute atomic E-state index is 0.0240. The molecule has 5 rings (SSSR count). The van der Waals surface area contributed by atoms with E-state index in [0.717, 1.165) is 44.9 Å². The lowest BCUT2D eigenvalue weighted by Gasteiger charge is -2.57. The van der Waals surface area contributed by atoms with Crippen LogP contribution in [0.1, 0.15) is 76.8 Å². The molecule has 4 heteroatoms. The Morgan fingerprint density at radius 2 is 1.56 bits per heavy atom. The zero-order valence-electron chi connectivity index (χ0n) is 24.3. The molecule has 0 spiro atoms. The molecule has 1 saturated carbocycles. The lowest BCUT2D eigenvalue weighted by molar-refractivity contribution is -0.201. The van der Waals surface area contributed by atoms with Crippen LogP contribution in [0.25, 0.3) is 0 Å². The zero-order chi connectivity index (χ0) is 27.3. The zero-order valence-corrected chi connectivity index (χ0v) is 24.3. The summed E-state index contributed by atoms with van der Waals surface area (Å²) in [7, 11) is 1.73. The van der Waals surface area contributed by atoms with Gasteiger partial charge in [0.15, 0.2) is 0 Å². The SMILES string of the molecule is COCO[C@]12CCC(C)=C(CC[C@@]3(C)C(=CCCC3OCc3ccccc3)C1)[C@]2(C)COCc1ccccc1. The Morgan fingerprint density at radius 1 is 0.872 bits per heavy atom. The Morgan fingerprint density at radius 3 is 2.26 bits per heavy atom. The van der Waals surface area contributed by atoms with Crippen molar-refractivity contribution < 1.29 is 18.9 Å². The summed E-state index contributed by atoms with van der Waals surface area (Å²) in [4.78, 5) is 0. The second-order valence-electron chi connectivity index (χ2n) is 12.3. The third-order valence-corrected chi connectivity index (χ3v) is 9.97. The normalized spacial score (nSPS) is 30.8. The van der Waals surface area contributed by atoms with Crippen molar-refractivity contribution in [1.82, 2.24) is 0 Å². The Balaban J connectivity index is 1.45. The van der Waals surface area contributed by atoms with Gasteiger partial charge in [-0.1, -0.05) is 97.3 Å². The van der Waals surface area contributed by atoms with E-state index < -0.39 is 0 Å². The Hall–Kier alpha value is -2.24. The predicted octanol–water partition coefficient (Wildman–Crippen LogP) is 8.17. The van der Waals surface area contributed by atoms with Crippen LogP contribution in [0.3, 0.4) is 0 Å². The number of fused-ring (bicyclic) bond motifs is 3. The van der Waals surface area contributed by atoms with Crippen LogP contribution in [0, 0.1) is 10.8 Å². The summed E-state index contributed by atoms with van der Waals surface area (Å²) < 4.78 is 25.6. The van der Waals surface area contributed by atoms with E-state index >= 15 is 0 Å². The highest BCUT2D eigenvalue weighted by Crippen LogP contribution is 2.60. The van der Waals surface area contributed by atoms with Gasteiger partial charge in [-0.25, -0.2) is 0 Å². The molecule has 0 N–H and O–H groups in total. The number of allylic oxidation sites excluding steroid dienone is 2. The highest BCUT2D eigenvalue weighted by molar-refractivity contribution is 5.36. The molecule has 2 aromatic rings. The summed E-state index contributed by atoms with van der Waals surface area (Å²) in [5.41, 5.74) is 6.32. The molecule has 2 aromatic carbocycles. The van der Waals surface area contributed by atoms with Crippen molar-refractivity contribution >= 4 is 0 Å². The molecule has 3 aliphatic carbocycles. The average Bonchev–Trinajstić information content (AvgIpc) is 2.95. The lowest BCUT2D eigenvalue weighted by atomic mass is 9.53. The molecule has 2 bridgehead atoms. The maximum Gasteiger partial charge on any atom is 0.147 e. The van der Waals surface area contributed by atoms with Gasteiger partial charge in [0.25, 0.3) is 0 Å². The van der Waals surface area contributed by atoms with Crippen LogP contribution >= 0.6 is 0 Å². The number of ether oxygens (including phenoxy) is 4. The second kappa shape index (κ2) is 12.1. The molecule has 39 heavy (non-hydrogen) atoms. The molecule has 1 unspecified atom stereocenters. The summed E-state index contributed by atoms with van der Waals surface area (Å²) in [5, 5.41) is 0. The van der Waals surface area contributed by atoms with Gasteiger partial charge in [0.1, 0.15) is 6.79 Å². The van der Waals surface area contributed by atoms with Crippen LogP contribution in [0.15, 0.2) is 83.5 Å². The molecule has 4 atom stereocenters. The van der Waals surface area contributed by atoms with Crippen molar-refractivity contribution in [3.05, 3.63) is 94.6 Å². The molecular weight excluding hydrogens is 484 g/mol. The Labute approximate surface area is 235 Å². The number of hydrogen-bond donors (Lipinski definition) is 0. The van der Waals surface area contributed by atoms with E-state index in [1.54, 1.807) is 7.11 Å². The second-order valence-corrected chi connectivity index (χ2v) is 12.3. The first-order chi connectivity index (χ1) is 18.9. The van der Waals surface area contributed by atoms with Crippen molar-refractivity contribution in [3.8, 4) is 0 Å². The number of benzene rings is 2. The van der Waals surface area contributed by atoms with Gasteiger partial charge >= 0.3 is 0 Å². The van der Waals surface area contributed by atoms with Crippen molar-refractivity contribution in [2.24, 2.45) is 10.8 Å². The number of rotatable bonds is 10. The topological polar surface area (TPSA) is 36.9 Å². The fraction of sp³-hybridized carbons (Fsp3) is 0.543. The van der Waals surface area contributed by atoms with Crippen molar-refractivity contribution in [2.75, 3.05) is 20.5 Å². The maximum atomic E-state index is 6.83. The van der Waals surface area contributed by atoms with Gasteiger partial charge in [-0.2, -0.15) is 0 Å². The molecule has 4 nitrogen and oxygen atoms in total. The molecule has 0 aliphatic heterocycles. The third kappa shape index (κ3) is 5.67. The minimum atomic E-state index is -0.386. The standard InChI is InChI=1S/C35H46O4/c1-27-18-21-35(39-26-36-4)22-30-16-11-17-32(38-24-29-14-9-6-10-15-29)33(30,2)20-19-31(27)34(35,3)25-37-23-28-12-7-5-8-13-28/h5-10,12-16,32H,11,17-26H2,1-4H3/t32?,33-,34-,35+/m0/s1. The van der Waals surface area contributed by atoms with Crippen LogP contribution in [-0.2, 0) is 32.2 Å². The molecule has 210 valence electrons. The van der Waals surface area contributed by atoms with E-state index in [-0.39, 0.29) is 22.5 Å². The number of methoxy groups -OCH3 is 1. The van der Waals surface area contributed by atoms with E-state index in [4.69, 9.17) is 18.9 Å². The molecule has 0 aromatic heterocycles. The molecule has 0 amide bonds. The van der Waals surface area contributed by atoms with Gasteiger partial charge in [-0.3, -0.25) is 0 Å². The van der Waals surface area contributed by atoms with E-state index in [2.05, 4.69) is 87.5 Å². The summed E-state index contributed by atoms with van der Waals surface area (Å²) >= 11 is 0. The summed E-state index contributed by atoms with van der Waals surface area (Å²) in [6, 6.07) is 21.1. The highest BCUT2D eigenvalue weighted by atomic mass is 16.7. The van der Waals surface area contributed by atoms with Crippen LogP contribution in [0.4, 0.5) is 0 Å². The molecule has 0 radical (unpaired) electrons. The molecule has 0 saturated heterocycles. The molecular formula is C35H46O4. The predicted molar refractivity (Wildman–Crippen MR) is 156 cm³/mol. The van der Waals surface area contributed by atoms with E-state index in [1.165, 1.54) is 27.8 Å². The first-order valence-corrected chi connectivity index (χ1v) is 14.7. The third-order valence-electron chi connectivity index (χ3n) is 9.97. The Bertz CT molecular complexity index is 1160. The van der Waals surface area contributed by atoms with Gasteiger partial charge in [0.2, 0.25) is 0 Å². The minimum Gasteiger partial charge on any atom is -0.376 e. The van der Waals surface area contributed by atoms with Crippen LogP contribution in [-0.4, -0.2) is 32.2 Å². The van der Waals surface area contributed by atoms with Gasteiger partial charge in [0.05, 0.1) is 31.5 Å². The first-order valence-electron chi connectivity index (χ1n) is 14.7. The van der Waals surface area contributed by atoms with Crippen LogP contribution in [0.5, 0.6) is 0 Å². The van der Waals surface area contributed by atoms with Crippen LogP contribution < -0.4 is 0 Å². The van der Waals surface area contributed by atoms with E-state index in [0.29, 0.717) is 26.6 Å². The first kappa shape index (κ1) is 28.3. The van der Waals surface area contributed by atoms with Crippen molar-refractivity contribution in [1.29, 1.82) is 0 Å². The lowest BCUT2D eigenvalue weighted by Crippen LogP contribution is -2.57. The summed E-state index contributed by atoms with van der Waals surface area (Å²) in [6.45, 7) is 9.36. The highest BCUT2D eigenvalue weighted by Gasteiger charge is 2.58. The van der Waals surface area contributed by atoms with Gasteiger partial charge in [-0.05, 0) is 63.0 Å². The van der Waals surface area contributed by atoms with Crippen LogP contribution in [0.2, 0.25) is 0 Å². The molecule has 3 aliphatic rings. The summed E-state index contributed by atoms with van der Waals surface area (Å²) in [6.07, 6.45) is 9.85. The largest absolute Gasteiger partial charge is 0.376 e. The fourth-order valence-corrected chi connectivity index (χ4v) is 7.45.